The molecule has 1 N–H and O–H groups in total. The Hall–Kier alpha value is -1.92. The lowest BCUT2D eigenvalue weighted by atomic mass is 10.1. The number of hydrogen-bond acceptors (Lipinski definition) is 4. The second-order valence-electron chi connectivity index (χ2n) is 6.11. The SMILES string of the molecule is CC(=O)N(CC(=O)NCCN1CCOCC1)Cc1ccccc1C. The Kier molecular flexibility index (Phi) is 7.21. The zero-order valence-corrected chi connectivity index (χ0v) is 14.6. The number of aryl methyl sites for hydroxylation is 1. The lowest BCUT2D eigenvalue weighted by molar-refractivity contribution is -0.134. The number of hydrogen-bond donors (Lipinski definition) is 1. The fraction of sp³-hybridized carbons (Fsp3) is 0.556. The third kappa shape index (κ3) is 5.94. The third-order valence-electron chi connectivity index (χ3n) is 4.26. The molecule has 1 saturated heterocycles. The summed E-state index contributed by atoms with van der Waals surface area (Å²) in [6, 6.07) is 7.91. The van der Waals surface area contributed by atoms with Gasteiger partial charge in [-0.1, -0.05) is 24.3 Å². The Bertz CT molecular complexity index is 556. The van der Waals surface area contributed by atoms with Crippen LogP contribution in [0, 0.1) is 6.92 Å². The van der Waals surface area contributed by atoms with E-state index in [0.29, 0.717) is 13.1 Å². The third-order valence-corrected chi connectivity index (χ3v) is 4.26. The fourth-order valence-electron chi connectivity index (χ4n) is 2.68. The highest BCUT2D eigenvalue weighted by Gasteiger charge is 2.15. The fourth-order valence-corrected chi connectivity index (χ4v) is 2.68. The molecule has 1 aliphatic heterocycles. The maximum Gasteiger partial charge on any atom is 0.239 e. The number of amides is 2. The molecule has 0 atom stereocenters. The highest BCUT2D eigenvalue weighted by molar-refractivity contribution is 5.83. The number of carbonyl (C=O) groups is 2. The number of morpholine rings is 1. The van der Waals surface area contributed by atoms with E-state index < -0.39 is 0 Å². The summed E-state index contributed by atoms with van der Waals surface area (Å²) in [4.78, 5) is 27.8. The highest BCUT2D eigenvalue weighted by Crippen LogP contribution is 2.10. The first-order valence-electron chi connectivity index (χ1n) is 8.43. The average molecular weight is 333 g/mol. The maximum atomic E-state index is 12.1. The molecule has 1 fully saturated rings. The minimum atomic E-state index is -0.118. The number of ether oxygens (including phenoxy) is 1. The van der Waals surface area contributed by atoms with E-state index in [2.05, 4.69) is 10.2 Å². The van der Waals surface area contributed by atoms with E-state index in [0.717, 1.165) is 44.0 Å². The second-order valence-corrected chi connectivity index (χ2v) is 6.11. The van der Waals surface area contributed by atoms with Crippen LogP contribution in [0.5, 0.6) is 0 Å². The Balaban J connectivity index is 1.78. The van der Waals surface area contributed by atoms with Gasteiger partial charge in [-0.3, -0.25) is 14.5 Å². The van der Waals surface area contributed by atoms with E-state index in [-0.39, 0.29) is 18.4 Å². The van der Waals surface area contributed by atoms with Crippen LogP contribution < -0.4 is 5.32 Å². The van der Waals surface area contributed by atoms with Crippen molar-refractivity contribution in [1.82, 2.24) is 15.1 Å². The Labute approximate surface area is 143 Å². The van der Waals surface area contributed by atoms with Crippen LogP contribution in [0.2, 0.25) is 0 Å². The molecule has 0 bridgehead atoms. The van der Waals surface area contributed by atoms with Crippen LogP contribution in [-0.4, -0.2) is 67.6 Å². The Morgan fingerprint density at radius 2 is 1.96 bits per heavy atom. The van der Waals surface area contributed by atoms with E-state index >= 15 is 0 Å². The highest BCUT2D eigenvalue weighted by atomic mass is 16.5. The zero-order chi connectivity index (χ0) is 17.4. The van der Waals surface area contributed by atoms with E-state index in [1.807, 2.05) is 31.2 Å². The van der Waals surface area contributed by atoms with Gasteiger partial charge in [-0.05, 0) is 18.1 Å². The van der Waals surface area contributed by atoms with Crippen molar-refractivity contribution >= 4 is 11.8 Å². The number of rotatable bonds is 7. The van der Waals surface area contributed by atoms with Crippen molar-refractivity contribution in [1.29, 1.82) is 0 Å². The number of nitrogens with zero attached hydrogens (tertiary/aromatic N) is 2. The van der Waals surface area contributed by atoms with Gasteiger partial charge < -0.3 is 15.0 Å². The molecule has 0 radical (unpaired) electrons. The van der Waals surface area contributed by atoms with Gasteiger partial charge in [-0.15, -0.1) is 0 Å². The molecule has 1 aromatic rings. The second kappa shape index (κ2) is 9.39. The summed E-state index contributed by atoms with van der Waals surface area (Å²) in [5.74, 6) is -0.214. The molecule has 1 aromatic carbocycles. The molecule has 0 spiro atoms. The molecule has 1 heterocycles. The Morgan fingerprint density at radius 1 is 1.25 bits per heavy atom. The van der Waals surface area contributed by atoms with Gasteiger partial charge in [0, 0.05) is 39.6 Å². The van der Waals surface area contributed by atoms with Gasteiger partial charge in [-0.2, -0.15) is 0 Å². The van der Waals surface area contributed by atoms with Crippen molar-refractivity contribution in [2.45, 2.75) is 20.4 Å². The summed E-state index contributed by atoms with van der Waals surface area (Å²) in [6.45, 7) is 8.78. The van der Waals surface area contributed by atoms with E-state index in [1.165, 1.54) is 6.92 Å². The summed E-state index contributed by atoms with van der Waals surface area (Å²) in [7, 11) is 0. The van der Waals surface area contributed by atoms with Gasteiger partial charge in [0.05, 0.1) is 19.8 Å². The molecule has 6 heteroatoms. The lowest BCUT2D eigenvalue weighted by Crippen LogP contribution is -2.44. The summed E-state index contributed by atoms with van der Waals surface area (Å²) < 4.78 is 5.30. The summed E-state index contributed by atoms with van der Waals surface area (Å²) >= 11 is 0. The van der Waals surface area contributed by atoms with Gasteiger partial charge in [0.15, 0.2) is 0 Å². The van der Waals surface area contributed by atoms with Gasteiger partial charge >= 0.3 is 0 Å². The van der Waals surface area contributed by atoms with Crippen LogP contribution in [0.15, 0.2) is 24.3 Å². The number of nitrogens with one attached hydrogen (secondary N) is 1. The number of benzene rings is 1. The molecule has 0 saturated carbocycles. The van der Waals surface area contributed by atoms with Crippen molar-refractivity contribution in [3.63, 3.8) is 0 Å². The van der Waals surface area contributed by atoms with Crippen LogP contribution in [0.3, 0.4) is 0 Å². The predicted molar refractivity (Wildman–Crippen MR) is 92.5 cm³/mol. The standard InChI is InChI=1S/C18H27N3O3/c1-15-5-3-4-6-17(15)13-21(16(2)22)14-18(23)19-7-8-20-9-11-24-12-10-20/h3-6H,7-14H2,1-2H3,(H,19,23). The predicted octanol–water partition coefficient (Wildman–Crippen LogP) is 0.792. The van der Waals surface area contributed by atoms with Crippen LogP contribution >= 0.6 is 0 Å². The molecule has 1 aliphatic rings. The lowest BCUT2D eigenvalue weighted by Gasteiger charge is -2.27. The molecular weight excluding hydrogens is 306 g/mol. The first kappa shape index (κ1) is 18.4. The molecule has 2 rings (SSSR count). The van der Waals surface area contributed by atoms with Crippen molar-refractivity contribution in [2.75, 3.05) is 45.9 Å². The largest absolute Gasteiger partial charge is 0.379 e. The van der Waals surface area contributed by atoms with E-state index in [9.17, 15) is 9.59 Å². The molecule has 2 amide bonds. The molecular formula is C18H27N3O3. The Morgan fingerprint density at radius 3 is 2.62 bits per heavy atom. The first-order valence-corrected chi connectivity index (χ1v) is 8.43. The molecule has 132 valence electrons. The summed E-state index contributed by atoms with van der Waals surface area (Å²) in [5.41, 5.74) is 2.19. The molecule has 24 heavy (non-hydrogen) atoms. The van der Waals surface area contributed by atoms with Gasteiger partial charge in [0.1, 0.15) is 0 Å². The van der Waals surface area contributed by atoms with Crippen LogP contribution in [0.1, 0.15) is 18.1 Å². The average Bonchev–Trinajstić information content (AvgIpc) is 2.57. The van der Waals surface area contributed by atoms with Gasteiger partial charge in [0.25, 0.3) is 0 Å². The van der Waals surface area contributed by atoms with E-state index in [1.54, 1.807) is 4.90 Å². The monoisotopic (exact) mass is 333 g/mol. The first-order chi connectivity index (χ1) is 11.6. The van der Waals surface area contributed by atoms with Crippen molar-refractivity contribution in [2.24, 2.45) is 0 Å². The van der Waals surface area contributed by atoms with Crippen LogP contribution in [0.4, 0.5) is 0 Å². The zero-order valence-electron chi connectivity index (χ0n) is 14.6. The minimum absolute atomic E-state index is 0.0901. The van der Waals surface area contributed by atoms with Gasteiger partial charge in [0.2, 0.25) is 11.8 Å². The minimum Gasteiger partial charge on any atom is -0.379 e. The molecule has 0 aliphatic carbocycles. The molecule has 6 nitrogen and oxygen atoms in total. The van der Waals surface area contributed by atoms with E-state index in [4.69, 9.17) is 4.74 Å². The van der Waals surface area contributed by atoms with Crippen LogP contribution in [-0.2, 0) is 20.9 Å². The quantitative estimate of drug-likeness (QED) is 0.801. The topological polar surface area (TPSA) is 61.9 Å². The van der Waals surface area contributed by atoms with Crippen molar-refractivity contribution in [3.8, 4) is 0 Å². The number of carbonyl (C=O) groups excluding carboxylic acids is 2. The smallest absolute Gasteiger partial charge is 0.239 e. The van der Waals surface area contributed by atoms with Crippen molar-refractivity contribution in [3.05, 3.63) is 35.4 Å². The van der Waals surface area contributed by atoms with Gasteiger partial charge in [-0.25, -0.2) is 0 Å². The maximum absolute atomic E-state index is 12.1. The molecule has 0 aromatic heterocycles. The van der Waals surface area contributed by atoms with Crippen molar-refractivity contribution < 1.29 is 14.3 Å². The summed E-state index contributed by atoms with van der Waals surface area (Å²) in [6.07, 6.45) is 0. The summed E-state index contributed by atoms with van der Waals surface area (Å²) in [5, 5.41) is 2.90. The molecule has 0 unspecified atom stereocenters. The van der Waals surface area contributed by atoms with Crippen LogP contribution in [0.25, 0.3) is 0 Å². The normalized spacial score (nSPS) is 15.1.